The first-order valence-electron chi connectivity index (χ1n) is 13.1. The zero-order valence-corrected chi connectivity index (χ0v) is 22.3. The molecule has 200 valence electrons. The highest BCUT2D eigenvalue weighted by atomic mass is 35.5. The molecular weight excluding hydrogens is 496 g/mol. The van der Waals surface area contributed by atoms with Gasteiger partial charge in [-0.1, -0.05) is 43.6 Å². The summed E-state index contributed by atoms with van der Waals surface area (Å²) >= 11 is 6.58. The molecule has 0 saturated carbocycles. The average molecular weight is 531 g/mol. The van der Waals surface area contributed by atoms with Gasteiger partial charge in [0, 0.05) is 13.7 Å². The first-order valence-corrected chi connectivity index (χ1v) is 13.5. The summed E-state index contributed by atoms with van der Waals surface area (Å²) in [6.45, 7) is 5.36. The third kappa shape index (κ3) is 5.42. The lowest BCUT2D eigenvalue weighted by molar-refractivity contribution is 0.00706. The van der Waals surface area contributed by atoms with Crippen LogP contribution in [-0.2, 0) is 27.1 Å². The maximum atomic E-state index is 9.93. The van der Waals surface area contributed by atoms with Crippen molar-refractivity contribution in [3.05, 3.63) is 46.0 Å². The lowest BCUT2D eigenvalue weighted by Gasteiger charge is -2.16. The summed E-state index contributed by atoms with van der Waals surface area (Å²) in [7, 11) is 1.74. The summed E-state index contributed by atoms with van der Waals surface area (Å²) in [6, 6.07) is 9.01. The lowest BCUT2D eigenvalue weighted by Crippen LogP contribution is -2.34. The number of anilines is 1. The number of aromatic amines is 1. The molecular formula is C27H35ClN4O5. The number of ether oxygens (including phenoxy) is 4. The van der Waals surface area contributed by atoms with Gasteiger partial charge in [0.15, 0.2) is 11.8 Å². The van der Waals surface area contributed by atoms with Gasteiger partial charge in [0.25, 0.3) is 6.01 Å². The first kappa shape index (κ1) is 26.2. The van der Waals surface area contributed by atoms with E-state index in [0.717, 1.165) is 32.3 Å². The van der Waals surface area contributed by atoms with Crippen LogP contribution in [0, 0.1) is 0 Å². The molecule has 3 aromatic rings. The Morgan fingerprint density at radius 3 is 2.84 bits per heavy atom. The van der Waals surface area contributed by atoms with Crippen LogP contribution in [0.5, 0.6) is 6.01 Å². The Hall–Kier alpha value is -2.43. The van der Waals surface area contributed by atoms with Gasteiger partial charge >= 0.3 is 0 Å². The highest BCUT2D eigenvalue weighted by Gasteiger charge is 2.48. The molecule has 37 heavy (non-hydrogen) atoms. The number of rotatable bonds is 8. The monoisotopic (exact) mass is 530 g/mol. The number of benzene rings is 1. The summed E-state index contributed by atoms with van der Waals surface area (Å²) in [5, 5.41) is 14.0. The average Bonchev–Trinajstić information content (AvgIpc) is 3.67. The number of H-pyrrole nitrogens is 1. The Balaban J connectivity index is 0.00000137. The molecule has 1 unspecified atom stereocenters. The second-order valence-electron chi connectivity index (χ2n) is 9.42. The number of aliphatic hydroxyl groups is 1. The SMILES string of the molecule is CC.COCCCc1ccc2c(c1)CC[C@@H]2Nc1nc2nc(O[C@@H]3COC4[C@H](O)CO[C@@H]43)[nH]c2cc1Cl. The fourth-order valence-electron chi connectivity index (χ4n) is 5.30. The molecule has 0 spiro atoms. The van der Waals surface area contributed by atoms with Crippen LogP contribution >= 0.6 is 11.6 Å². The van der Waals surface area contributed by atoms with E-state index in [-0.39, 0.29) is 31.0 Å². The fraction of sp³-hybridized carbons (Fsp3) is 0.556. The van der Waals surface area contributed by atoms with Gasteiger partial charge in [0.05, 0.1) is 29.8 Å². The minimum absolute atomic E-state index is 0.147. The van der Waals surface area contributed by atoms with Gasteiger partial charge in [-0.2, -0.15) is 4.98 Å². The van der Waals surface area contributed by atoms with E-state index in [1.54, 1.807) is 7.11 Å². The highest BCUT2D eigenvalue weighted by molar-refractivity contribution is 6.33. The number of hydrogen-bond donors (Lipinski definition) is 3. The number of halogens is 1. The molecule has 3 aliphatic rings. The van der Waals surface area contributed by atoms with Gasteiger partial charge in [0.1, 0.15) is 24.1 Å². The van der Waals surface area contributed by atoms with Crippen molar-refractivity contribution < 1.29 is 24.1 Å². The van der Waals surface area contributed by atoms with E-state index in [1.165, 1.54) is 16.7 Å². The van der Waals surface area contributed by atoms with Gasteiger partial charge in [0.2, 0.25) is 0 Å². The van der Waals surface area contributed by atoms with Crippen LogP contribution in [0.25, 0.3) is 11.2 Å². The number of fused-ring (bicyclic) bond motifs is 3. The van der Waals surface area contributed by atoms with Crippen molar-refractivity contribution in [2.75, 3.05) is 32.2 Å². The van der Waals surface area contributed by atoms with Crippen LogP contribution in [0.1, 0.15) is 49.4 Å². The predicted molar refractivity (Wildman–Crippen MR) is 141 cm³/mol. The third-order valence-electron chi connectivity index (χ3n) is 7.06. The van der Waals surface area contributed by atoms with Crippen LogP contribution in [0.15, 0.2) is 24.3 Å². The number of nitrogens with one attached hydrogen (secondary N) is 2. The molecule has 4 heterocycles. The van der Waals surface area contributed by atoms with Gasteiger partial charge in [-0.25, -0.2) is 4.98 Å². The van der Waals surface area contributed by atoms with Crippen LogP contribution in [0.2, 0.25) is 5.02 Å². The van der Waals surface area contributed by atoms with Crippen LogP contribution in [-0.4, -0.2) is 71.4 Å². The first-order chi connectivity index (χ1) is 18.1. The minimum Gasteiger partial charge on any atom is -0.456 e. The molecule has 1 aromatic carbocycles. The number of methoxy groups -OCH3 is 1. The van der Waals surface area contributed by atoms with Crippen molar-refractivity contribution in [1.29, 1.82) is 0 Å². The Kier molecular flexibility index (Phi) is 8.16. The number of imidazole rings is 1. The smallest absolute Gasteiger partial charge is 0.296 e. The molecule has 2 aliphatic heterocycles. The van der Waals surface area contributed by atoms with E-state index in [1.807, 2.05) is 19.9 Å². The van der Waals surface area contributed by atoms with E-state index < -0.39 is 6.10 Å². The van der Waals surface area contributed by atoms with E-state index in [4.69, 9.17) is 30.5 Å². The number of pyridine rings is 1. The minimum atomic E-state index is -0.624. The third-order valence-corrected chi connectivity index (χ3v) is 7.35. The van der Waals surface area contributed by atoms with Crippen LogP contribution < -0.4 is 10.1 Å². The number of aromatic nitrogens is 3. The highest BCUT2D eigenvalue weighted by Crippen LogP contribution is 2.37. The Bertz CT molecular complexity index is 1220. The van der Waals surface area contributed by atoms with Crippen LogP contribution in [0.3, 0.4) is 0 Å². The molecule has 2 saturated heterocycles. The van der Waals surface area contributed by atoms with Gasteiger partial charge in [-0.3, -0.25) is 0 Å². The second-order valence-corrected chi connectivity index (χ2v) is 9.82. The van der Waals surface area contributed by atoms with Gasteiger partial charge < -0.3 is 34.4 Å². The Labute approximate surface area is 221 Å². The molecule has 2 fully saturated rings. The lowest BCUT2D eigenvalue weighted by atomic mass is 10.0. The summed E-state index contributed by atoms with van der Waals surface area (Å²) < 4.78 is 22.4. The standard InChI is InChI=1S/C25H29ClN4O5.C2H6/c1-32-8-2-3-13-4-6-15-14(9-13)5-7-17(15)27-23-16(26)10-18-24(29-23)30-25(28-18)35-20-12-34-21-19(31)11-33-22(20)21;1-2/h4,6,9-10,17,19-22,31H,2-3,5,7-8,11-12H2,1H3,(H2,27,28,29,30);1-2H3/t17-,19+,20+,21?,22+;/m0./s1. The summed E-state index contributed by atoms with van der Waals surface area (Å²) in [5.74, 6) is 0.603. The van der Waals surface area contributed by atoms with Crippen LogP contribution in [0.4, 0.5) is 5.82 Å². The molecule has 9 nitrogen and oxygen atoms in total. The molecule has 3 N–H and O–H groups in total. The summed E-state index contributed by atoms with van der Waals surface area (Å²) in [6.07, 6.45) is 2.41. The molecule has 10 heteroatoms. The van der Waals surface area contributed by atoms with Crippen molar-refractivity contribution in [2.24, 2.45) is 0 Å². The van der Waals surface area contributed by atoms with Crippen molar-refractivity contribution in [3.63, 3.8) is 0 Å². The zero-order valence-electron chi connectivity index (χ0n) is 21.5. The van der Waals surface area contributed by atoms with E-state index in [2.05, 4.69) is 38.5 Å². The predicted octanol–water partition coefficient (Wildman–Crippen LogP) is 4.22. The topological polar surface area (TPSA) is 111 Å². The molecule has 1 aliphatic carbocycles. The largest absolute Gasteiger partial charge is 0.456 e. The van der Waals surface area contributed by atoms with Gasteiger partial charge in [-0.05, 0) is 48.4 Å². The number of aliphatic hydroxyl groups excluding tert-OH is 1. The molecule has 2 aromatic heterocycles. The van der Waals surface area contributed by atoms with E-state index in [0.29, 0.717) is 34.6 Å². The van der Waals surface area contributed by atoms with Crippen molar-refractivity contribution >= 4 is 28.6 Å². The normalized spacial score (nSPS) is 26.0. The number of hydrogen-bond acceptors (Lipinski definition) is 8. The van der Waals surface area contributed by atoms with Crippen molar-refractivity contribution in [3.8, 4) is 6.01 Å². The maximum absolute atomic E-state index is 9.93. The molecule has 6 rings (SSSR count). The van der Waals surface area contributed by atoms with Crippen molar-refractivity contribution in [2.45, 2.75) is 70.0 Å². The quantitative estimate of drug-likeness (QED) is 0.371. The number of nitrogens with zero attached hydrogens (tertiary/aromatic N) is 2. The molecule has 0 bridgehead atoms. The summed E-state index contributed by atoms with van der Waals surface area (Å²) in [5.41, 5.74) is 5.22. The molecule has 0 radical (unpaired) electrons. The Morgan fingerprint density at radius 2 is 2.00 bits per heavy atom. The molecule has 0 amide bonds. The van der Waals surface area contributed by atoms with Gasteiger partial charge in [-0.15, -0.1) is 0 Å². The second kappa shape index (κ2) is 11.5. The zero-order chi connectivity index (χ0) is 25.9. The fourth-order valence-corrected chi connectivity index (χ4v) is 5.51. The van der Waals surface area contributed by atoms with E-state index in [9.17, 15) is 5.11 Å². The summed E-state index contributed by atoms with van der Waals surface area (Å²) in [4.78, 5) is 12.3. The Morgan fingerprint density at radius 1 is 1.16 bits per heavy atom. The number of aryl methyl sites for hydroxylation is 2. The van der Waals surface area contributed by atoms with E-state index >= 15 is 0 Å². The molecule has 5 atom stereocenters. The maximum Gasteiger partial charge on any atom is 0.296 e. The van der Waals surface area contributed by atoms with Crippen molar-refractivity contribution in [1.82, 2.24) is 15.0 Å².